The molecule has 64 valence electrons. The fourth-order valence-electron chi connectivity index (χ4n) is 1.27. The Balaban J connectivity index is 2.39. The van der Waals surface area contributed by atoms with E-state index in [4.69, 9.17) is 0 Å². The minimum absolute atomic E-state index is 0.109. The Labute approximate surface area is 65.5 Å². The highest BCUT2D eigenvalue weighted by atomic mass is 16.5. The van der Waals surface area contributed by atoms with Gasteiger partial charge in [0.05, 0.1) is 7.11 Å². The van der Waals surface area contributed by atoms with Crippen LogP contribution in [-0.2, 0) is 9.53 Å². The van der Waals surface area contributed by atoms with E-state index >= 15 is 0 Å². The Morgan fingerprint density at radius 2 is 2.55 bits per heavy atom. The Morgan fingerprint density at radius 3 is 3.00 bits per heavy atom. The number of carbonyl (C=O) groups is 1. The molecule has 2 atom stereocenters. The number of methoxy groups -OCH3 is 1. The number of rotatable bonds is 2. The molecular weight excluding hydrogens is 146 g/mol. The second kappa shape index (κ2) is 3.69. The fourth-order valence-corrected chi connectivity index (χ4v) is 1.27. The molecule has 11 heavy (non-hydrogen) atoms. The largest absolute Gasteiger partial charge is 0.467 e. The summed E-state index contributed by atoms with van der Waals surface area (Å²) in [4.78, 5) is 10.8. The Morgan fingerprint density at radius 1 is 1.82 bits per heavy atom. The first-order valence-corrected chi connectivity index (χ1v) is 3.75. The molecular formula is C7H13NO3. The van der Waals surface area contributed by atoms with Gasteiger partial charge in [0.25, 0.3) is 0 Å². The summed E-state index contributed by atoms with van der Waals surface area (Å²) < 4.78 is 4.40. The predicted molar refractivity (Wildman–Crippen MR) is 39.0 cm³/mol. The molecule has 4 nitrogen and oxygen atoms in total. The van der Waals surface area contributed by atoms with E-state index in [1.807, 2.05) is 0 Å². The predicted octanol–water partition coefficient (Wildman–Crippen LogP) is -0.728. The molecule has 2 N–H and O–H groups in total. The molecule has 4 heteroatoms. The molecule has 1 rings (SSSR count). The van der Waals surface area contributed by atoms with Crippen molar-refractivity contribution in [3.8, 4) is 0 Å². The molecule has 0 aliphatic carbocycles. The van der Waals surface area contributed by atoms with Crippen molar-refractivity contribution in [2.75, 3.05) is 13.7 Å². The number of aliphatic hydroxyl groups excluding tert-OH is 1. The zero-order valence-corrected chi connectivity index (χ0v) is 6.54. The van der Waals surface area contributed by atoms with Crippen LogP contribution in [0.25, 0.3) is 0 Å². The van der Waals surface area contributed by atoms with Crippen LogP contribution in [0.3, 0.4) is 0 Å². The second-order valence-electron chi connectivity index (χ2n) is 2.67. The molecule has 1 aliphatic rings. The van der Waals surface area contributed by atoms with Gasteiger partial charge in [-0.3, -0.25) is 0 Å². The van der Waals surface area contributed by atoms with E-state index in [1.165, 1.54) is 7.11 Å². The lowest BCUT2D eigenvalue weighted by molar-refractivity contribution is -0.151. The van der Waals surface area contributed by atoms with E-state index in [-0.39, 0.29) is 6.04 Å². The van der Waals surface area contributed by atoms with Crippen LogP contribution in [0, 0.1) is 0 Å². The maximum Gasteiger partial charge on any atom is 0.336 e. The average Bonchev–Trinajstić information content (AvgIpc) is 2.53. The van der Waals surface area contributed by atoms with Crippen LogP contribution in [0.5, 0.6) is 0 Å². The Kier molecular flexibility index (Phi) is 2.84. The van der Waals surface area contributed by atoms with Crippen molar-refractivity contribution in [2.45, 2.75) is 25.0 Å². The van der Waals surface area contributed by atoms with Crippen LogP contribution in [0.1, 0.15) is 12.8 Å². The van der Waals surface area contributed by atoms with Gasteiger partial charge in [-0.2, -0.15) is 0 Å². The molecule has 1 aliphatic heterocycles. The fraction of sp³-hybridized carbons (Fsp3) is 0.857. The van der Waals surface area contributed by atoms with Gasteiger partial charge in [0, 0.05) is 6.04 Å². The number of ether oxygens (including phenoxy) is 1. The summed E-state index contributed by atoms with van der Waals surface area (Å²) >= 11 is 0. The minimum atomic E-state index is -0.998. The topological polar surface area (TPSA) is 58.6 Å². The first-order valence-electron chi connectivity index (χ1n) is 3.75. The van der Waals surface area contributed by atoms with Crippen LogP contribution in [0.4, 0.5) is 0 Å². The molecule has 0 aromatic rings. The van der Waals surface area contributed by atoms with E-state index in [1.54, 1.807) is 0 Å². The molecule has 0 aromatic carbocycles. The zero-order valence-electron chi connectivity index (χ0n) is 6.54. The number of hydrogen-bond acceptors (Lipinski definition) is 4. The van der Waals surface area contributed by atoms with Gasteiger partial charge in [-0.25, -0.2) is 4.79 Å². The van der Waals surface area contributed by atoms with E-state index in [0.717, 1.165) is 19.4 Å². The van der Waals surface area contributed by atoms with Gasteiger partial charge < -0.3 is 15.2 Å². The summed E-state index contributed by atoms with van der Waals surface area (Å²) in [7, 11) is 1.28. The number of hydrogen-bond donors (Lipinski definition) is 2. The lowest BCUT2D eigenvalue weighted by atomic mass is 10.1. The number of aliphatic hydroxyl groups is 1. The van der Waals surface area contributed by atoms with Crippen molar-refractivity contribution in [3.63, 3.8) is 0 Å². The lowest BCUT2D eigenvalue weighted by Gasteiger charge is -2.14. The third-order valence-electron chi connectivity index (χ3n) is 1.92. The highest BCUT2D eigenvalue weighted by Gasteiger charge is 2.28. The first kappa shape index (κ1) is 8.49. The number of nitrogens with one attached hydrogen (secondary N) is 1. The molecule has 0 radical (unpaired) electrons. The van der Waals surface area contributed by atoms with Gasteiger partial charge in [-0.1, -0.05) is 0 Å². The minimum Gasteiger partial charge on any atom is -0.467 e. The highest BCUT2D eigenvalue weighted by Crippen LogP contribution is 2.09. The zero-order chi connectivity index (χ0) is 8.27. The van der Waals surface area contributed by atoms with E-state index in [2.05, 4.69) is 10.1 Å². The van der Waals surface area contributed by atoms with Crippen molar-refractivity contribution < 1.29 is 14.6 Å². The number of carbonyl (C=O) groups excluding carboxylic acids is 1. The quantitative estimate of drug-likeness (QED) is 0.522. The molecule has 1 heterocycles. The van der Waals surface area contributed by atoms with E-state index in [0.29, 0.717) is 0 Å². The summed E-state index contributed by atoms with van der Waals surface area (Å²) in [6.07, 6.45) is 0.858. The maximum atomic E-state index is 10.8. The second-order valence-corrected chi connectivity index (χ2v) is 2.67. The summed E-state index contributed by atoms with van der Waals surface area (Å²) in [5, 5.41) is 12.3. The Hall–Kier alpha value is -0.610. The van der Waals surface area contributed by atoms with Crippen molar-refractivity contribution in [2.24, 2.45) is 0 Å². The van der Waals surface area contributed by atoms with E-state index < -0.39 is 12.1 Å². The third kappa shape index (κ3) is 1.91. The van der Waals surface area contributed by atoms with Crippen LogP contribution in [-0.4, -0.2) is 36.9 Å². The molecule has 0 spiro atoms. The smallest absolute Gasteiger partial charge is 0.336 e. The lowest BCUT2D eigenvalue weighted by Crippen LogP contribution is -2.40. The van der Waals surface area contributed by atoms with Crippen LogP contribution in [0.15, 0.2) is 0 Å². The standard InChI is InChI=1S/C7H13NO3/c1-11-7(10)6(9)5-3-2-4-8-5/h5-6,8-9H,2-4H2,1H3/t5-,6?/m1/s1. The van der Waals surface area contributed by atoms with Gasteiger partial charge >= 0.3 is 5.97 Å². The Bertz CT molecular complexity index is 143. The summed E-state index contributed by atoms with van der Waals surface area (Å²) in [5.74, 6) is -0.551. The molecule has 0 bridgehead atoms. The first-order chi connectivity index (χ1) is 5.25. The summed E-state index contributed by atoms with van der Waals surface area (Å²) in [6, 6.07) is -0.109. The van der Waals surface area contributed by atoms with Crippen molar-refractivity contribution in [1.82, 2.24) is 5.32 Å². The molecule has 1 fully saturated rings. The highest BCUT2D eigenvalue weighted by molar-refractivity contribution is 5.75. The molecule has 1 saturated heterocycles. The molecule has 0 aromatic heterocycles. The summed E-state index contributed by atoms with van der Waals surface area (Å²) in [6.45, 7) is 0.874. The maximum absolute atomic E-state index is 10.8. The molecule has 0 amide bonds. The number of esters is 1. The third-order valence-corrected chi connectivity index (χ3v) is 1.92. The van der Waals surface area contributed by atoms with Crippen LogP contribution in [0.2, 0.25) is 0 Å². The summed E-state index contributed by atoms with van der Waals surface area (Å²) in [5.41, 5.74) is 0. The van der Waals surface area contributed by atoms with Crippen molar-refractivity contribution >= 4 is 5.97 Å². The van der Waals surface area contributed by atoms with Gasteiger partial charge in [-0.15, -0.1) is 0 Å². The monoisotopic (exact) mass is 159 g/mol. The normalized spacial score (nSPS) is 26.5. The van der Waals surface area contributed by atoms with E-state index in [9.17, 15) is 9.90 Å². The van der Waals surface area contributed by atoms with Gasteiger partial charge in [0.1, 0.15) is 0 Å². The van der Waals surface area contributed by atoms with Crippen LogP contribution >= 0.6 is 0 Å². The molecule has 1 unspecified atom stereocenters. The van der Waals surface area contributed by atoms with Gasteiger partial charge in [0.2, 0.25) is 0 Å². The van der Waals surface area contributed by atoms with Gasteiger partial charge in [-0.05, 0) is 19.4 Å². The van der Waals surface area contributed by atoms with Crippen LogP contribution < -0.4 is 5.32 Å². The van der Waals surface area contributed by atoms with Crippen molar-refractivity contribution in [3.05, 3.63) is 0 Å². The SMILES string of the molecule is COC(=O)C(O)[C@H]1CCCN1. The molecule has 0 saturated carbocycles. The van der Waals surface area contributed by atoms with Crippen molar-refractivity contribution in [1.29, 1.82) is 0 Å². The average molecular weight is 159 g/mol. The van der Waals surface area contributed by atoms with Gasteiger partial charge in [0.15, 0.2) is 6.10 Å².